The van der Waals surface area contributed by atoms with Crippen molar-refractivity contribution in [1.82, 2.24) is 4.31 Å². The van der Waals surface area contributed by atoms with Gasteiger partial charge in [0, 0.05) is 32.9 Å². The second-order valence-electron chi connectivity index (χ2n) is 4.71. The molecule has 1 aromatic carbocycles. The maximum Gasteiger partial charge on any atom is 0.243 e. The highest BCUT2D eigenvalue weighted by Crippen LogP contribution is 2.26. The van der Waals surface area contributed by atoms with Crippen molar-refractivity contribution < 1.29 is 13.2 Å². The minimum absolute atomic E-state index is 0.350. The number of ether oxygens (including phenoxy) is 1. The number of benzene rings is 1. The SMILES string of the molecule is CCOCCN(C)S(=O)(=O)c1c(C)cc(NC)cc1C. The molecule has 0 saturated heterocycles. The molecule has 0 heterocycles. The van der Waals surface area contributed by atoms with Crippen LogP contribution in [0, 0.1) is 13.8 Å². The first-order valence-corrected chi connectivity index (χ1v) is 8.11. The second kappa shape index (κ2) is 7.06. The van der Waals surface area contributed by atoms with E-state index in [0.29, 0.717) is 24.7 Å². The molecule has 1 aromatic rings. The fourth-order valence-electron chi connectivity index (χ4n) is 2.11. The van der Waals surface area contributed by atoms with Crippen LogP contribution in [0.1, 0.15) is 18.1 Å². The Balaban J connectivity index is 3.09. The van der Waals surface area contributed by atoms with Gasteiger partial charge in [0.25, 0.3) is 0 Å². The normalized spacial score (nSPS) is 11.9. The van der Waals surface area contributed by atoms with Crippen LogP contribution in [0.2, 0.25) is 0 Å². The lowest BCUT2D eigenvalue weighted by Gasteiger charge is -2.20. The lowest BCUT2D eigenvalue weighted by Crippen LogP contribution is -2.31. The number of nitrogens with one attached hydrogen (secondary N) is 1. The molecule has 0 amide bonds. The summed E-state index contributed by atoms with van der Waals surface area (Å²) in [4.78, 5) is 0.385. The average Bonchev–Trinajstić information content (AvgIpc) is 2.37. The predicted octanol–water partition coefficient (Wildman–Crippen LogP) is 2.00. The number of anilines is 1. The van der Waals surface area contributed by atoms with Gasteiger partial charge in [0.2, 0.25) is 10.0 Å². The third kappa shape index (κ3) is 3.71. The molecule has 20 heavy (non-hydrogen) atoms. The number of nitrogens with zero attached hydrogens (tertiary/aromatic N) is 1. The molecule has 0 atom stereocenters. The zero-order chi connectivity index (χ0) is 15.3. The Morgan fingerprint density at radius 2 is 1.80 bits per heavy atom. The minimum atomic E-state index is -3.48. The molecule has 0 bridgehead atoms. The summed E-state index contributed by atoms with van der Waals surface area (Å²) in [6.45, 7) is 6.86. The number of aryl methyl sites for hydroxylation is 2. The zero-order valence-corrected chi connectivity index (χ0v) is 13.7. The van der Waals surface area contributed by atoms with Crippen molar-refractivity contribution in [1.29, 1.82) is 0 Å². The summed E-state index contributed by atoms with van der Waals surface area (Å²) in [5.74, 6) is 0. The van der Waals surface area contributed by atoms with E-state index in [0.717, 1.165) is 16.8 Å². The monoisotopic (exact) mass is 300 g/mol. The Bertz CT molecular complexity index is 533. The molecule has 0 unspecified atom stereocenters. The van der Waals surface area contributed by atoms with E-state index in [1.165, 1.54) is 4.31 Å². The molecule has 1 N–H and O–H groups in total. The average molecular weight is 300 g/mol. The smallest absolute Gasteiger partial charge is 0.243 e. The van der Waals surface area contributed by atoms with E-state index in [2.05, 4.69) is 5.32 Å². The van der Waals surface area contributed by atoms with Crippen LogP contribution in [0.3, 0.4) is 0 Å². The number of hydrogen-bond donors (Lipinski definition) is 1. The van der Waals surface area contributed by atoms with E-state index >= 15 is 0 Å². The second-order valence-corrected chi connectivity index (χ2v) is 6.69. The zero-order valence-electron chi connectivity index (χ0n) is 12.9. The van der Waals surface area contributed by atoms with Crippen LogP contribution in [-0.4, -0.2) is 46.6 Å². The van der Waals surface area contributed by atoms with Crippen LogP contribution in [0.5, 0.6) is 0 Å². The molecular weight excluding hydrogens is 276 g/mol. The lowest BCUT2D eigenvalue weighted by molar-refractivity contribution is 0.138. The molecule has 0 saturated carbocycles. The van der Waals surface area contributed by atoms with Gasteiger partial charge in [-0.3, -0.25) is 0 Å². The van der Waals surface area contributed by atoms with Gasteiger partial charge < -0.3 is 10.1 Å². The third-order valence-corrected chi connectivity index (χ3v) is 5.33. The first-order chi connectivity index (χ1) is 9.34. The third-order valence-electron chi connectivity index (χ3n) is 3.17. The Morgan fingerprint density at radius 1 is 1.25 bits per heavy atom. The quantitative estimate of drug-likeness (QED) is 0.783. The van der Waals surface area contributed by atoms with Crippen molar-refractivity contribution in [2.75, 3.05) is 39.2 Å². The molecule has 1 rings (SSSR count). The largest absolute Gasteiger partial charge is 0.388 e. The van der Waals surface area contributed by atoms with Crippen LogP contribution in [0.15, 0.2) is 17.0 Å². The van der Waals surface area contributed by atoms with Gasteiger partial charge in [0.1, 0.15) is 0 Å². The molecule has 0 aliphatic heterocycles. The number of rotatable bonds is 7. The summed E-state index contributed by atoms with van der Waals surface area (Å²) in [6, 6.07) is 3.69. The Kier molecular flexibility index (Phi) is 5.98. The maximum absolute atomic E-state index is 12.6. The van der Waals surface area contributed by atoms with Crippen LogP contribution >= 0.6 is 0 Å². The highest BCUT2D eigenvalue weighted by atomic mass is 32.2. The van der Waals surface area contributed by atoms with Gasteiger partial charge in [0.05, 0.1) is 11.5 Å². The van der Waals surface area contributed by atoms with E-state index in [1.54, 1.807) is 7.05 Å². The fourth-order valence-corrected chi connectivity index (χ4v) is 3.67. The summed E-state index contributed by atoms with van der Waals surface area (Å²) in [7, 11) is -0.0816. The molecule has 0 fully saturated rings. The van der Waals surface area contributed by atoms with Gasteiger partial charge >= 0.3 is 0 Å². The Morgan fingerprint density at radius 3 is 2.25 bits per heavy atom. The van der Waals surface area contributed by atoms with Gasteiger partial charge in [-0.15, -0.1) is 0 Å². The van der Waals surface area contributed by atoms with Crippen molar-refractivity contribution >= 4 is 15.7 Å². The molecule has 114 valence electrons. The summed E-state index contributed by atoms with van der Waals surface area (Å²) in [5, 5.41) is 3.03. The van der Waals surface area contributed by atoms with Crippen molar-refractivity contribution in [3.8, 4) is 0 Å². The highest BCUT2D eigenvalue weighted by molar-refractivity contribution is 7.89. The molecule has 6 heteroatoms. The minimum Gasteiger partial charge on any atom is -0.388 e. The lowest BCUT2D eigenvalue weighted by atomic mass is 10.1. The standard InChI is InChI=1S/C14H24N2O3S/c1-6-19-8-7-16(5)20(17,18)14-11(2)9-13(15-4)10-12(14)3/h9-10,15H,6-8H2,1-5H3. The van der Waals surface area contributed by atoms with E-state index < -0.39 is 10.0 Å². The summed E-state index contributed by atoms with van der Waals surface area (Å²) >= 11 is 0. The van der Waals surface area contributed by atoms with Gasteiger partial charge in [-0.1, -0.05) is 0 Å². The van der Waals surface area contributed by atoms with Gasteiger partial charge in [-0.05, 0) is 44.0 Å². The molecular formula is C14H24N2O3S. The van der Waals surface area contributed by atoms with Crippen molar-refractivity contribution in [2.45, 2.75) is 25.7 Å². The fraction of sp³-hybridized carbons (Fsp3) is 0.571. The number of likely N-dealkylation sites (N-methyl/N-ethyl adjacent to an activating group) is 1. The number of sulfonamides is 1. The molecule has 0 aliphatic rings. The van der Waals surface area contributed by atoms with Crippen molar-refractivity contribution in [2.24, 2.45) is 0 Å². The van der Waals surface area contributed by atoms with E-state index in [4.69, 9.17) is 4.74 Å². The van der Waals surface area contributed by atoms with Crippen LogP contribution in [0.25, 0.3) is 0 Å². The Labute approximate surface area is 122 Å². The van der Waals surface area contributed by atoms with Gasteiger partial charge in [-0.2, -0.15) is 4.31 Å². The van der Waals surface area contributed by atoms with Crippen molar-refractivity contribution in [3.05, 3.63) is 23.3 Å². The van der Waals surface area contributed by atoms with Crippen LogP contribution in [0.4, 0.5) is 5.69 Å². The molecule has 0 aromatic heterocycles. The predicted molar refractivity (Wildman–Crippen MR) is 81.8 cm³/mol. The first kappa shape index (κ1) is 16.9. The first-order valence-electron chi connectivity index (χ1n) is 6.67. The summed E-state index contributed by atoms with van der Waals surface area (Å²) in [5.41, 5.74) is 2.41. The highest BCUT2D eigenvalue weighted by Gasteiger charge is 2.24. The maximum atomic E-state index is 12.6. The Hall–Kier alpha value is -1.11. The van der Waals surface area contributed by atoms with Crippen LogP contribution in [-0.2, 0) is 14.8 Å². The van der Waals surface area contributed by atoms with E-state index in [1.807, 2.05) is 40.0 Å². The van der Waals surface area contributed by atoms with Gasteiger partial charge in [0.15, 0.2) is 0 Å². The summed E-state index contributed by atoms with van der Waals surface area (Å²) in [6.07, 6.45) is 0. The van der Waals surface area contributed by atoms with E-state index in [-0.39, 0.29) is 0 Å². The topological polar surface area (TPSA) is 58.6 Å². The van der Waals surface area contributed by atoms with Gasteiger partial charge in [-0.25, -0.2) is 8.42 Å². The molecule has 0 aliphatic carbocycles. The van der Waals surface area contributed by atoms with Crippen LogP contribution < -0.4 is 5.32 Å². The number of hydrogen-bond acceptors (Lipinski definition) is 4. The van der Waals surface area contributed by atoms with Crippen molar-refractivity contribution in [3.63, 3.8) is 0 Å². The summed E-state index contributed by atoms with van der Waals surface area (Å²) < 4.78 is 31.8. The van der Waals surface area contributed by atoms with E-state index in [9.17, 15) is 8.42 Å². The molecule has 0 spiro atoms. The molecule has 5 nitrogen and oxygen atoms in total. The molecule has 0 radical (unpaired) electrons.